The molecule has 1 aromatic carbocycles. The van der Waals surface area contributed by atoms with Crippen molar-refractivity contribution in [3.8, 4) is 0 Å². The van der Waals surface area contributed by atoms with Gasteiger partial charge in [-0.1, -0.05) is 23.7 Å². The number of nitrogens with one attached hydrogen (secondary N) is 2. The van der Waals surface area contributed by atoms with Crippen LogP contribution < -0.4 is 5.32 Å². The van der Waals surface area contributed by atoms with Crippen LogP contribution in [0.5, 0.6) is 0 Å². The number of carbonyl (C=O) groups is 2. The molecule has 0 bridgehead atoms. The number of halogens is 2. The lowest BCUT2D eigenvalue weighted by atomic mass is 10.0. The Kier molecular flexibility index (Phi) is 6.20. The zero-order valence-corrected chi connectivity index (χ0v) is 17.4. The average molecular weight is 445 g/mol. The van der Waals surface area contributed by atoms with Crippen LogP contribution >= 0.6 is 11.6 Å². The summed E-state index contributed by atoms with van der Waals surface area (Å²) in [6, 6.07) is 8.22. The number of pyridine rings is 1. The molecular weight excluding hydrogens is 423 g/mol. The van der Waals surface area contributed by atoms with Crippen LogP contribution in [0.2, 0.25) is 5.15 Å². The minimum Gasteiger partial charge on any atom is -0.391 e. The summed E-state index contributed by atoms with van der Waals surface area (Å²) in [6.45, 7) is 0.743. The fraction of sp³-hybridized carbons (Fsp3) is 0.318. The molecule has 1 aliphatic heterocycles. The van der Waals surface area contributed by atoms with Gasteiger partial charge < -0.3 is 20.3 Å². The summed E-state index contributed by atoms with van der Waals surface area (Å²) >= 11 is 5.91. The number of aromatic amines is 1. The highest BCUT2D eigenvalue weighted by Gasteiger charge is 2.30. The summed E-state index contributed by atoms with van der Waals surface area (Å²) in [5.41, 5.74) is 1.63. The highest BCUT2D eigenvalue weighted by atomic mass is 35.5. The molecule has 162 valence electrons. The Balaban J connectivity index is 1.56. The van der Waals surface area contributed by atoms with E-state index in [0.29, 0.717) is 35.6 Å². The second-order valence-corrected chi connectivity index (χ2v) is 8.10. The average Bonchev–Trinajstić information content (AvgIpc) is 3.17. The monoisotopic (exact) mass is 444 g/mol. The van der Waals surface area contributed by atoms with E-state index in [1.165, 1.54) is 18.3 Å². The van der Waals surface area contributed by atoms with Crippen LogP contribution in [0.3, 0.4) is 0 Å². The van der Waals surface area contributed by atoms with Gasteiger partial charge in [0.15, 0.2) is 0 Å². The van der Waals surface area contributed by atoms with E-state index < -0.39 is 18.1 Å². The molecule has 2 aromatic heterocycles. The van der Waals surface area contributed by atoms with Gasteiger partial charge in [0.2, 0.25) is 5.91 Å². The molecule has 4 rings (SSSR count). The largest absolute Gasteiger partial charge is 0.391 e. The summed E-state index contributed by atoms with van der Waals surface area (Å²) in [5.74, 6) is -1.11. The molecule has 0 saturated carbocycles. The summed E-state index contributed by atoms with van der Waals surface area (Å²) in [6.07, 6.45) is 2.49. The molecule has 0 spiro atoms. The zero-order valence-electron chi connectivity index (χ0n) is 16.6. The standard InChI is InChI=1S/C22H22ClFN4O3/c23-20-10-14-9-17(26-19(14)11-25-20)21(30)27-18(8-13-3-5-15(24)6-4-13)22(31)28-7-1-2-16(29)12-28/h3-6,9-11,16,18,26,29H,1-2,7-8,12H2,(H,27,30)/t16?,18-/m0/s1. The highest BCUT2D eigenvalue weighted by molar-refractivity contribution is 6.30. The summed E-state index contributed by atoms with van der Waals surface area (Å²) in [7, 11) is 0. The Hall–Kier alpha value is -2.97. The number of aliphatic hydroxyl groups excluding tert-OH is 1. The van der Waals surface area contributed by atoms with Crippen molar-refractivity contribution in [2.45, 2.75) is 31.4 Å². The summed E-state index contributed by atoms with van der Waals surface area (Å²) in [4.78, 5) is 34.6. The number of hydrogen-bond donors (Lipinski definition) is 3. The number of aromatic nitrogens is 2. The third-order valence-electron chi connectivity index (χ3n) is 5.38. The quantitative estimate of drug-likeness (QED) is 0.527. The number of aliphatic hydroxyl groups is 1. The van der Waals surface area contributed by atoms with Gasteiger partial charge in [0, 0.05) is 24.9 Å². The Morgan fingerprint density at radius 2 is 2.10 bits per heavy atom. The number of amides is 2. The molecule has 2 atom stereocenters. The van der Waals surface area contributed by atoms with Gasteiger partial charge >= 0.3 is 0 Å². The van der Waals surface area contributed by atoms with Crippen molar-refractivity contribution in [1.29, 1.82) is 0 Å². The van der Waals surface area contributed by atoms with E-state index in [9.17, 15) is 19.1 Å². The van der Waals surface area contributed by atoms with Gasteiger partial charge in [-0.2, -0.15) is 0 Å². The van der Waals surface area contributed by atoms with E-state index >= 15 is 0 Å². The van der Waals surface area contributed by atoms with E-state index in [4.69, 9.17) is 11.6 Å². The Bertz CT molecular complexity index is 1100. The fourth-order valence-electron chi connectivity index (χ4n) is 3.79. The maximum atomic E-state index is 13.3. The molecule has 0 aliphatic carbocycles. The lowest BCUT2D eigenvalue weighted by Crippen LogP contribution is -2.53. The predicted octanol–water partition coefficient (Wildman–Crippen LogP) is 2.68. The predicted molar refractivity (Wildman–Crippen MR) is 114 cm³/mol. The number of rotatable bonds is 5. The van der Waals surface area contributed by atoms with Crippen LogP contribution in [0.25, 0.3) is 10.9 Å². The molecule has 31 heavy (non-hydrogen) atoms. The van der Waals surface area contributed by atoms with E-state index in [1.807, 2.05) is 0 Å². The number of benzene rings is 1. The van der Waals surface area contributed by atoms with Gasteiger partial charge in [-0.05, 0) is 42.7 Å². The molecule has 3 aromatic rings. The van der Waals surface area contributed by atoms with Gasteiger partial charge in [0.05, 0.1) is 17.8 Å². The number of nitrogens with zero attached hydrogens (tertiary/aromatic N) is 2. The van der Waals surface area contributed by atoms with Crippen molar-refractivity contribution in [3.05, 3.63) is 64.8 Å². The number of fused-ring (bicyclic) bond motifs is 1. The van der Waals surface area contributed by atoms with E-state index in [0.717, 1.165) is 5.39 Å². The van der Waals surface area contributed by atoms with Crippen LogP contribution in [0.15, 0.2) is 42.6 Å². The molecule has 9 heteroatoms. The first-order valence-electron chi connectivity index (χ1n) is 10.1. The first-order chi connectivity index (χ1) is 14.9. The minimum absolute atomic E-state index is 0.199. The lowest BCUT2D eigenvalue weighted by molar-refractivity contribution is -0.136. The van der Waals surface area contributed by atoms with Crippen molar-refractivity contribution >= 4 is 34.3 Å². The molecule has 0 radical (unpaired) electrons. The molecule has 3 heterocycles. The second-order valence-electron chi connectivity index (χ2n) is 7.71. The number of β-amino-alcohol motifs (C(OH)–C–C–N with tert-alkyl or cyclic N) is 1. The maximum absolute atomic E-state index is 13.3. The lowest BCUT2D eigenvalue weighted by Gasteiger charge is -2.33. The van der Waals surface area contributed by atoms with Crippen molar-refractivity contribution in [3.63, 3.8) is 0 Å². The first kappa shape index (κ1) is 21.3. The molecule has 3 N–H and O–H groups in total. The van der Waals surface area contributed by atoms with Crippen LogP contribution in [-0.2, 0) is 11.2 Å². The van der Waals surface area contributed by atoms with Gasteiger partial charge in [-0.15, -0.1) is 0 Å². The van der Waals surface area contributed by atoms with E-state index in [2.05, 4.69) is 15.3 Å². The van der Waals surface area contributed by atoms with Gasteiger partial charge in [-0.3, -0.25) is 9.59 Å². The van der Waals surface area contributed by atoms with Gasteiger partial charge in [0.25, 0.3) is 5.91 Å². The number of carbonyl (C=O) groups excluding carboxylic acids is 2. The smallest absolute Gasteiger partial charge is 0.268 e. The number of piperidine rings is 1. The van der Waals surface area contributed by atoms with Crippen LogP contribution in [-0.4, -0.2) is 57.0 Å². The number of H-pyrrole nitrogens is 1. The van der Waals surface area contributed by atoms with E-state index in [1.54, 1.807) is 29.2 Å². The Morgan fingerprint density at radius 1 is 1.32 bits per heavy atom. The van der Waals surface area contributed by atoms with E-state index in [-0.39, 0.29) is 30.4 Å². The van der Waals surface area contributed by atoms with Crippen molar-refractivity contribution < 1.29 is 19.1 Å². The van der Waals surface area contributed by atoms with Crippen LogP contribution in [0, 0.1) is 5.82 Å². The second kappa shape index (κ2) is 9.03. The number of likely N-dealkylation sites (tertiary alicyclic amines) is 1. The molecular formula is C22H22ClFN4O3. The van der Waals surface area contributed by atoms with Crippen LogP contribution in [0.4, 0.5) is 4.39 Å². The zero-order chi connectivity index (χ0) is 22.0. The van der Waals surface area contributed by atoms with Crippen LogP contribution in [0.1, 0.15) is 28.9 Å². The fourth-order valence-corrected chi connectivity index (χ4v) is 3.96. The van der Waals surface area contributed by atoms with Crippen molar-refractivity contribution in [2.24, 2.45) is 0 Å². The maximum Gasteiger partial charge on any atom is 0.268 e. The topological polar surface area (TPSA) is 98.3 Å². The first-order valence-corrected chi connectivity index (χ1v) is 10.4. The third-order valence-corrected chi connectivity index (χ3v) is 5.59. The molecule has 1 fully saturated rings. The number of hydrogen-bond acceptors (Lipinski definition) is 4. The Morgan fingerprint density at radius 3 is 2.84 bits per heavy atom. The van der Waals surface area contributed by atoms with Gasteiger partial charge in [0.1, 0.15) is 22.7 Å². The molecule has 7 nitrogen and oxygen atoms in total. The van der Waals surface area contributed by atoms with Crippen molar-refractivity contribution in [2.75, 3.05) is 13.1 Å². The molecule has 2 amide bonds. The molecule has 1 saturated heterocycles. The Labute approximate surface area is 183 Å². The molecule has 1 aliphatic rings. The van der Waals surface area contributed by atoms with Crippen molar-refractivity contribution in [1.82, 2.24) is 20.2 Å². The minimum atomic E-state index is -0.864. The molecule has 1 unspecified atom stereocenters. The highest BCUT2D eigenvalue weighted by Crippen LogP contribution is 2.19. The summed E-state index contributed by atoms with van der Waals surface area (Å²) < 4.78 is 13.3. The van der Waals surface area contributed by atoms with Gasteiger partial charge in [-0.25, -0.2) is 9.37 Å². The summed E-state index contributed by atoms with van der Waals surface area (Å²) in [5, 5.41) is 13.8. The SMILES string of the molecule is O=C(N[C@@H](Cc1ccc(F)cc1)C(=O)N1CCCC(O)C1)c1cc2cc(Cl)ncc2[nH]1. The normalized spacial score (nSPS) is 17.5. The third kappa shape index (κ3) is 5.03.